The van der Waals surface area contributed by atoms with Crippen LogP contribution in [0, 0.1) is 0 Å². The highest BCUT2D eigenvalue weighted by atomic mass is 15.2. The van der Waals surface area contributed by atoms with Crippen LogP contribution in [-0.2, 0) is 0 Å². The lowest BCUT2D eigenvalue weighted by Crippen LogP contribution is -2.51. The second kappa shape index (κ2) is 4.80. The summed E-state index contributed by atoms with van der Waals surface area (Å²) in [6, 6.07) is 0.812. The standard InChI is InChI=1S/C9H21N3/c1-10-5-7-11(2)8-9-4-6-12(9)3/h9-10H,4-8H2,1-3H3. The van der Waals surface area contributed by atoms with Gasteiger partial charge in [0.25, 0.3) is 0 Å². The lowest BCUT2D eigenvalue weighted by molar-refractivity contribution is 0.0919. The molecule has 0 spiro atoms. The van der Waals surface area contributed by atoms with Gasteiger partial charge < -0.3 is 15.1 Å². The number of hydrogen-bond donors (Lipinski definition) is 1. The van der Waals surface area contributed by atoms with Gasteiger partial charge in [0.05, 0.1) is 0 Å². The largest absolute Gasteiger partial charge is 0.318 e. The number of likely N-dealkylation sites (N-methyl/N-ethyl adjacent to an activating group) is 3. The normalized spacial score (nSPS) is 24.5. The summed E-state index contributed by atoms with van der Waals surface area (Å²) in [6.07, 6.45) is 1.38. The molecular formula is C9H21N3. The smallest absolute Gasteiger partial charge is 0.0232 e. The van der Waals surface area contributed by atoms with Gasteiger partial charge in [0, 0.05) is 25.7 Å². The molecule has 3 heteroatoms. The summed E-state index contributed by atoms with van der Waals surface area (Å²) in [6.45, 7) is 4.75. The van der Waals surface area contributed by atoms with Crippen molar-refractivity contribution in [2.45, 2.75) is 12.5 Å². The van der Waals surface area contributed by atoms with E-state index in [9.17, 15) is 0 Å². The van der Waals surface area contributed by atoms with Crippen molar-refractivity contribution >= 4 is 0 Å². The van der Waals surface area contributed by atoms with Gasteiger partial charge >= 0.3 is 0 Å². The molecule has 0 aromatic heterocycles. The number of nitrogens with one attached hydrogen (secondary N) is 1. The fourth-order valence-electron chi connectivity index (χ4n) is 1.55. The van der Waals surface area contributed by atoms with E-state index in [0.717, 1.165) is 19.1 Å². The Morgan fingerprint density at radius 3 is 2.75 bits per heavy atom. The molecule has 12 heavy (non-hydrogen) atoms. The zero-order valence-corrected chi connectivity index (χ0v) is 8.51. The van der Waals surface area contributed by atoms with Crippen molar-refractivity contribution in [3.63, 3.8) is 0 Å². The lowest BCUT2D eigenvalue weighted by Gasteiger charge is -2.40. The van der Waals surface area contributed by atoms with Crippen molar-refractivity contribution in [1.29, 1.82) is 0 Å². The molecule has 0 aromatic rings. The first-order valence-corrected chi connectivity index (χ1v) is 4.77. The number of rotatable bonds is 5. The molecule has 3 nitrogen and oxygen atoms in total. The minimum absolute atomic E-state index is 0.812. The molecule has 1 heterocycles. The Kier molecular flexibility index (Phi) is 3.98. The van der Waals surface area contributed by atoms with Gasteiger partial charge in [0.1, 0.15) is 0 Å². The minimum atomic E-state index is 0.812. The van der Waals surface area contributed by atoms with Gasteiger partial charge in [0.15, 0.2) is 0 Å². The maximum Gasteiger partial charge on any atom is 0.0232 e. The molecule has 0 saturated carbocycles. The van der Waals surface area contributed by atoms with Crippen molar-refractivity contribution in [1.82, 2.24) is 15.1 Å². The van der Waals surface area contributed by atoms with Gasteiger partial charge in [-0.05, 0) is 34.1 Å². The van der Waals surface area contributed by atoms with E-state index >= 15 is 0 Å². The van der Waals surface area contributed by atoms with E-state index in [1.807, 2.05) is 7.05 Å². The molecule has 0 bridgehead atoms. The highest BCUT2D eigenvalue weighted by molar-refractivity contribution is 4.81. The molecule has 1 N–H and O–H groups in total. The molecule has 1 saturated heterocycles. The van der Waals surface area contributed by atoms with Gasteiger partial charge in [0.2, 0.25) is 0 Å². The molecule has 0 radical (unpaired) electrons. The van der Waals surface area contributed by atoms with Gasteiger partial charge in [-0.2, -0.15) is 0 Å². The Balaban J connectivity index is 2.04. The van der Waals surface area contributed by atoms with Gasteiger partial charge in [-0.15, -0.1) is 0 Å². The van der Waals surface area contributed by atoms with E-state index in [2.05, 4.69) is 29.2 Å². The summed E-state index contributed by atoms with van der Waals surface area (Å²) in [5.41, 5.74) is 0. The average Bonchev–Trinajstić information content (AvgIpc) is 2.08. The predicted octanol–water partition coefficient (Wildman–Crippen LogP) is -0.158. The fourth-order valence-corrected chi connectivity index (χ4v) is 1.55. The van der Waals surface area contributed by atoms with E-state index in [1.54, 1.807) is 0 Å². The van der Waals surface area contributed by atoms with Crippen LogP contribution in [-0.4, -0.2) is 63.2 Å². The molecule has 1 unspecified atom stereocenters. The first kappa shape index (κ1) is 9.96. The Morgan fingerprint density at radius 2 is 2.33 bits per heavy atom. The molecule has 0 amide bonds. The summed E-state index contributed by atoms with van der Waals surface area (Å²) in [4.78, 5) is 4.83. The monoisotopic (exact) mass is 171 g/mol. The number of likely N-dealkylation sites (tertiary alicyclic amines) is 1. The summed E-state index contributed by atoms with van der Waals surface area (Å²) in [7, 11) is 6.41. The lowest BCUT2D eigenvalue weighted by atomic mass is 10.0. The van der Waals surface area contributed by atoms with Crippen LogP contribution in [0.1, 0.15) is 6.42 Å². The van der Waals surface area contributed by atoms with E-state index in [0.29, 0.717) is 0 Å². The Morgan fingerprint density at radius 1 is 1.58 bits per heavy atom. The first-order valence-electron chi connectivity index (χ1n) is 4.77. The Hall–Kier alpha value is -0.120. The number of hydrogen-bond acceptors (Lipinski definition) is 3. The van der Waals surface area contributed by atoms with E-state index in [4.69, 9.17) is 0 Å². The van der Waals surface area contributed by atoms with E-state index < -0.39 is 0 Å². The third kappa shape index (κ3) is 2.73. The molecule has 1 aliphatic heterocycles. The minimum Gasteiger partial charge on any atom is -0.318 e. The Labute approximate surface area is 75.7 Å². The third-order valence-corrected chi connectivity index (χ3v) is 2.70. The molecule has 0 aromatic carbocycles. The van der Waals surface area contributed by atoms with Crippen molar-refractivity contribution in [3.8, 4) is 0 Å². The van der Waals surface area contributed by atoms with Crippen molar-refractivity contribution in [2.75, 3.05) is 47.3 Å². The molecule has 1 fully saturated rings. The maximum atomic E-state index is 3.16. The van der Waals surface area contributed by atoms with Crippen LogP contribution in [0.15, 0.2) is 0 Å². The zero-order chi connectivity index (χ0) is 8.97. The molecule has 1 atom stereocenters. The maximum absolute atomic E-state index is 3.16. The van der Waals surface area contributed by atoms with Gasteiger partial charge in [-0.25, -0.2) is 0 Å². The molecule has 1 aliphatic rings. The average molecular weight is 171 g/mol. The number of nitrogens with zero attached hydrogens (tertiary/aromatic N) is 2. The molecule has 72 valence electrons. The molecule has 0 aliphatic carbocycles. The van der Waals surface area contributed by atoms with Crippen molar-refractivity contribution in [2.24, 2.45) is 0 Å². The Bertz CT molecular complexity index is 127. The van der Waals surface area contributed by atoms with Crippen molar-refractivity contribution < 1.29 is 0 Å². The summed E-state index contributed by atoms with van der Waals surface area (Å²) in [5, 5.41) is 3.16. The van der Waals surface area contributed by atoms with Gasteiger partial charge in [-0.1, -0.05) is 0 Å². The van der Waals surface area contributed by atoms with Crippen LogP contribution in [0.3, 0.4) is 0 Å². The van der Waals surface area contributed by atoms with Crippen LogP contribution < -0.4 is 5.32 Å². The summed E-state index contributed by atoms with van der Waals surface area (Å²) >= 11 is 0. The summed E-state index contributed by atoms with van der Waals surface area (Å²) < 4.78 is 0. The molecule has 1 rings (SSSR count). The topological polar surface area (TPSA) is 18.5 Å². The SMILES string of the molecule is CNCCN(C)CC1CCN1C. The third-order valence-electron chi connectivity index (χ3n) is 2.70. The first-order chi connectivity index (χ1) is 5.74. The quantitative estimate of drug-likeness (QED) is 0.620. The highest BCUT2D eigenvalue weighted by Crippen LogP contribution is 2.14. The predicted molar refractivity (Wildman–Crippen MR) is 52.5 cm³/mol. The van der Waals surface area contributed by atoms with Crippen LogP contribution in [0.25, 0.3) is 0 Å². The zero-order valence-electron chi connectivity index (χ0n) is 8.51. The second-order valence-corrected chi connectivity index (χ2v) is 3.79. The van der Waals surface area contributed by atoms with E-state index in [-0.39, 0.29) is 0 Å². The van der Waals surface area contributed by atoms with Gasteiger partial charge in [-0.3, -0.25) is 0 Å². The van der Waals surface area contributed by atoms with Crippen molar-refractivity contribution in [3.05, 3.63) is 0 Å². The molecular weight excluding hydrogens is 150 g/mol. The summed E-state index contributed by atoms with van der Waals surface area (Å²) in [5.74, 6) is 0. The highest BCUT2D eigenvalue weighted by Gasteiger charge is 2.24. The van der Waals surface area contributed by atoms with Crippen LogP contribution >= 0.6 is 0 Å². The van der Waals surface area contributed by atoms with Crippen LogP contribution in [0.4, 0.5) is 0 Å². The van der Waals surface area contributed by atoms with Crippen LogP contribution in [0.2, 0.25) is 0 Å². The fraction of sp³-hybridized carbons (Fsp3) is 1.00. The van der Waals surface area contributed by atoms with Crippen LogP contribution in [0.5, 0.6) is 0 Å². The van der Waals surface area contributed by atoms with E-state index in [1.165, 1.54) is 19.5 Å². The second-order valence-electron chi connectivity index (χ2n) is 3.79.